The molecule has 0 saturated carbocycles. The number of rotatable bonds is 5. The molecule has 19 heavy (non-hydrogen) atoms. The van der Waals surface area contributed by atoms with Crippen molar-refractivity contribution >= 4 is 22.6 Å². The summed E-state index contributed by atoms with van der Waals surface area (Å²) in [5.41, 5.74) is 5.09. The zero-order valence-electron chi connectivity index (χ0n) is 10.8. The number of nitrogens with two attached hydrogens (primary N) is 1. The van der Waals surface area contributed by atoms with E-state index < -0.39 is 0 Å². The van der Waals surface area contributed by atoms with Gasteiger partial charge < -0.3 is 4.74 Å². The molecule has 2 aromatic carbocycles. The van der Waals surface area contributed by atoms with Gasteiger partial charge in [0.25, 0.3) is 0 Å². The molecule has 0 spiro atoms. The van der Waals surface area contributed by atoms with Crippen molar-refractivity contribution in [2.75, 3.05) is 6.61 Å². The van der Waals surface area contributed by atoms with Crippen LogP contribution in [0.25, 0.3) is 0 Å². The quantitative estimate of drug-likeness (QED) is 0.484. The Balaban J connectivity index is 2.30. The van der Waals surface area contributed by atoms with Crippen LogP contribution in [0.2, 0.25) is 0 Å². The smallest absolute Gasteiger partial charge is 0.119 e. The van der Waals surface area contributed by atoms with Gasteiger partial charge in [0.2, 0.25) is 0 Å². The fourth-order valence-corrected chi connectivity index (χ4v) is 2.35. The van der Waals surface area contributed by atoms with Gasteiger partial charge in [-0.15, -0.1) is 0 Å². The van der Waals surface area contributed by atoms with Crippen molar-refractivity contribution in [2.45, 2.75) is 13.0 Å². The fraction of sp³-hybridized carbons (Fsp3) is 0.200. The molecule has 1 atom stereocenters. The number of nitrogens with one attached hydrogen (secondary N) is 1. The second-order valence-electron chi connectivity index (χ2n) is 4.16. The minimum absolute atomic E-state index is 0.0302. The van der Waals surface area contributed by atoms with Gasteiger partial charge >= 0.3 is 0 Å². The Bertz CT molecular complexity index is 528. The highest BCUT2D eigenvalue weighted by molar-refractivity contribution is 14.1. The van der Waals surface area contributed by atoms with E-state index in [-0.39, 0.29) is 6.04 Å². The second-order valence-corrected chi connectivity index (χ2v) is 5.40. The molecule has 2 aromatic rings. The fourth-order valence-electron chi connectivity index (χ4n) is 1.99. The van der Waals surface area contributed by atoms with Crippen molar-refractivity contribution in [3.05, 3.63) is 63.2 Å². The van der Waals surface area contributed by atoms with Gasteiger partial charge in [-0.25, -0.2) is 5.43 Å². The Hall–Kier alpha value is -1.11. The maximum atomic E-state index is 5.71. The van der Waals surface area contributed by atoms with E-state index in [9.17, 15) is 0 Å². The number of benzene rings is 2. The lowest BCUT2D eigenvalue weighted by Gasteiger charge is -2.18. The van der Waals surface area contributed by atoms with E-state index in [0.29, 0.717) is 6.61 Å². The Labute approximate surface area is 127 Å². The number of hydrogen-bond donors (Lipinski definition) is 2. The van der Waals surface area contributed by atoms with Gasteiger partial charge in [-0.1, -0.05) is 24.3 Å². The standard InChI is InChI=1S/C15H17IN2O/c1-2-19-14-5-3-4-12(10-14)15(18-17)11-6-8-13(16)9-7-11/h3-10,15,18H,2,17H2,1H3. The van der Waals surface area contributed by atoms with Gasteiger partial charge in [-0.05, 0) is 64.9 Å². The highest BCUT2D eigenvalue weighted by atomic mass is 127. The number of halogens is 1. The van der Waals surface area contributed by atoms with Gasteiger partial charge in [0, 0.05) is 3.57 Å². The summed E-state index contributed by atoms with van der Waals surface area (Å²) in [7, 11) is 0. The molecular formula is C15H17IN2O. The summed E-state index contributed by atoms with van der Waals surface area (Å²) in [6.45, 7) is 2.64. The summed E-state index contributed by atoms with van der Waals surface area (Å²) < 4.78 is 6.73. The van der Waals surface area contributed by atoms with Gasteiger partial charge in [0.05, 0.1) is 12.6 Å². The van der Waals surface area contributed by atoms with Crippen molar-refractivity contribution in [1.29, 1.82) is 0 Å². The molecule has 3 N–H and O–H groups in total. The Morgan fingerprint density at radius 1 is 1.16 bits per heavy atom. The summed E-state index contributed by atoms with van der Waals surface area (Å²) in [6.07, 6.45) is 0. The summed E-state index contributed by atoms with van der Waals surface area (Å²) >= 11 is 2.29. The molecule has 0 bridgehead atoms. The van der Waals surface area contributed by atoms with Crippen LogP contribution in [0.1, 0.15) is 24.1 Å². The van der Waals surface area contributed by atoms with Crippen LogP contribution in [0.15, 0.2) is 48.5 Å². The van der Waals surface area contributed by atoms with Crippen LogP contribution in [-0.4, -0.2) is 6.61 Å². The van der Waals surface area contributed by atoms with E-state index in [2.05, 4.69) is 52.3 Å². The highest BCUT2D eigenvalue weighted by Gasteiger charge is 2.12. The zero-order valence-corrected chi connectivity index (χ0v) is 12.9. The van der Waals surface area contributed by atoms with E-state index in [4.69, 9.17) is 10.6 Å². The van der Waals surface area contributed by atoms with E-state index in [1.165, 1.54) is 3.57 Å². The third-order valence-corrected chi connectivity index (χ3v) is 3.59. The SMILES string of the molecule is CCOc1cccc(C(NN)c2ccc(I)cc2)c1. The van der Waals surface area contributed by atoms with Crippen LogP contribution >= 0.6 is 22.6 Å². The van der Waals surface area contributed by atoms with Crippen LogP contribution in [0.3, 0.4) is 0 Å². The monoisotopic (exact) mass is 368 g/mol. The minimum Gasteiger partial charge on any atom is -0.494 e. The first-order valence-corrected chi connectivity index (χ1v) is 7.27. The number of ether oxygens (including phenoxy) is 1. The van der Waals surface area contributed by atoms with E-state index in [1.54, 1.807) is 0 Å². The lowest BCUT2D eigenvalue weighted by Crippen LogP contribution is -2.28. The third kappa shape index (κ3) is 3.68. The van der Waals surface area contributed by atoms with Gasteiger partial charge in [-0.3, -0.25) is 5.84 Å². The Morgan fingerprint density at radius 2 is 1.89 bits per heavy atom. The molecule has 0 aromatic heterocycles. The van der Waals surface area contributed by atoms with Crippen LogP contribution in [0.5, 0.6) is 5.75 Å². The zero-order chi connectivity index (χ0) is 13.7. The molecule has 1 unspecified atom stereocenters. The van der Waals surface area contributed by atoms with Gasteiger partial charge in [0.15, 0.2) is 0 Å². The Kier molecular flexibility index (Phi) is 5.18. The molecule has 0 fully saturated rings. The molecule has 0 aliphatic rings. The number of hydrogen-bond acceptors (Lipinski definition) is 3. The first-order chi connectivity index (χ1) is 9.24. The predicted molar refractivity (Wildman–Crippen MR) is 85.9 cm³/mol. The molecule has 2 rings (SSSR count). The van der Waals surface area contributed by atoms with Crippen LogP contribution in [0, 0.1) is 3.57 Å². The topological polar surface area (TPSA) is 47.3 Å². The van der Waals surface area contributed by atoms with Crippen LogP contribution in [-0.2, 0) is 0 Å². The van der Waals surface area contributed by atoms with Crippen LogP contribution < -0.4 is 16.0 Å². The molecule has 3 nitrogen and oxygen atoms in total. The van der Waals surface area contributed by atoms with Crippen molar-refractivity contribution in [3.8, 4) is 5.75 Å². The molecule has 0 heterocycles. The maximum absolute atomic E-state index is 5.71. The van der Waals surface area contributed by atoms with Crippen molar-refractivity contribution in [3.63, 3.8) is 0 Å². The van der Waals surface area contributed by atoms with E-state index in [0.717, 1.165) is 16.9 Å². The largest absolute Gasteiger partial charge is 0.494 e. The molecule has 0 aliphatic heterocycles. The average Bonchev–Trinajstić information content (AvgIpc) is 2.43. The third-order valence-electron chi connectivity index (χ3n) is 2.87. The summed E-state index contributed by atoms with van der Waals surface area (Å²) in [5.74, 6) is 6.57. The molecule has 0 aliphatic carbocycles. The van der Waals surface area contributed by atoms with Crippen LogP contribution in [0.4, 0.5) is 0 Å². The molecular weight excluding hydrogens is 351 g/mol. The molecule has 0 amide bonds. The molecule has 0 radical (unpaired) electrons. The maximum Gasteiger partial charge on any atom is 0.119 e. The lowest BCUT2D eigenvalue weighted by molar-refractivity contribution is 0.339. The van der Waals surface area contributed by atoms with Gasteiger partial charge in [0.1, 0.15) is 5.75 Å². The summed E-state index contributed by atoms with van der Waals surface area (Å²) in [5, 5.41) is 0. The normalized spacial score (nSPS) is 12.2. The second kappa shape index (κ2) is 6.88. The van der Waals surface area contributed by atoms with Crippen molar-refractivity contribution in [2.24, 2.45) is 5.84 Å². The summed E-state index contributed by atoms with van der Waals surface area (Å²) in [6, 6.07) is 16.3. The van der Waals surface area contributed by atoms with E-state index in [1.807, 2.05) is 31.2 Å². The van der Waals surface area contributed by atoms with E-state index >= 15 is 0 Å². The molecule has 4 heteroatoms. The van der Waals surface area contributed by atoms with Crippen molar-refractivity contribution < 1.29 is 4.74 Å². The molecule has 0 saturated heterocycles. The average molecular weight is 368 g/mol. The highest BCUT2D eigenvalue weighted by Crippen LogP contribution is 2.25. The van der Waals surface area contributed by atoms with Crippen molar-refractivity contribution in [1.82, 2.24) is 5.43 Å². The summed E-state index contributed by atoms with van der Waals surface area (Å²) in [4.78, 5) is 0. The molecule has 100 valence electrons. The number of hydrazine groups is 1. The minimum atomic E-state index is -0.0302. The Morgan fingerprint density at radius 3 is 2.53 bits per heavy atom. The lowest BCUT2D eigenvalue weighted by atomic mass is 9.99. The first kappa shape index (κ1) is 14.3. The van der Waals surface area contributed by atoms with Gasteiger partial charge in [-0.2, -0.15) is 0 Å². The first-order valence-electron chi connectivity index (χ1n) is 6.19. The predicted octanol–water partition coefficient (Wildman–Crippen LogP) is 3.24.